The van der Waals surface area contributed by atoms with Crippen LogP contribution in [0.1, 0.15) is 22.1 Å². The number of nitrogens with zero attached hydrogens (tertiary/aromatic N) is 3. The number of para-hydroxylation sites is 2. The highest BCUT2D eigenvalue weighted by Gasteiger charge is 2.34. The second-order valence-electron chi connectivity index (χ2n) is 6.22. The maximum absolute atomic E-state index is 12.7. The topological polar surface area (TPSA) is 28.5 Å². The molecule has 2 heterocycles. The molecular weight excluding hydrogens is 334 g/mol. The van der Waals surface area contributed by atoms with Gasteiger partial charge in [0, 0.05) is 32.1 Å². The molecule has 3 aromatic rings. The Morgan fingerprint density at radius 2 is 1.56 bits per heavy atom. The molecule has 2 aromatic carbocycles. The van der Waals surface area contributed by atoms with Gasteiger partial charge in [0.1, 0.15) is 6.17 Å². The van der Waals surface area contributed by atoms with Crippen molar-refractivity contribution in [3.63, 3.8) is 0 Å². The predicted octanol–water partition coefficient (Wildman–Crippen LogP) is 4.35. The second kappa shape index (κ2) is 5.97. The van der Waals surface area contributed by atoms with Gasteiger partial charge in [-0.3, -0.25) is 4.79 Å². The van der Waals surface area contributed by atoms with Gasteiger partial charge in [-0.15, -0.1) is 0 Å². The van der Waals surface area contributed by atoms with Crippen molar-refractivity contribution in [3.05, 3.63) is 83.1 Å². The Bertz CT molecular complexity index is 949. The average Bonchev–Trinajstić information content (AvgIpc) is 3.10. The third-order valence-electron chi connectivity index (χ3n) is 4.71. The lowest BCUT2D eigenvalue weighted by Gasteiger charge is -2.41. The molecule has 0 radical (unpaired) electrons. The van der Waals surface area contributed by atoms with E-state index in [1.807, 2.05) is 85.7 Å². The van der Waals surface area contributed by atoms with E-state index in [0.29, 0.717) is 5.02 Å². The van der Waals surface area contributed by atoms with Gasteiger partial charge in [-0.05, 0) is 30.3 Å². The first-order valence-corrected chi connectivity index (χ1v) is 8.47. The van der Waals surface area contributed by atoms with Crippen LogP contribution in [0.15, 0.2) is 67.0 Å². The SMILES string of the molecule is CN1C(=O)c2ccccc2N(C)[C@@H]1c1ccn(-c2ccccc2Cl)c1. The first kappa shape index (κ1) is 15.8. The fraction of sp³-hybridized carbons (Fsp3) is 0.150. The molecule has 1 aliphatic rings. The van der Waals surface area contributed by atoms with Gasteiger partial charge in [0.15, 0.2) is 0 Å². The van der Waals surface area contributed by atoms with Crippen LogP contribution in [0.2, 0.25) is 5.02 Å². The summed E-state index contributed by atoms with van der Waals surface area (Å²) in [6.07, 6.45) is 3.84. The Labute approximate surface area is 151 Å². The first-order chi connectivity index (χ1) is 12.1. The summed E-state index contributed by atoms with van der Waals surface area (Å²) in [5.74, 6) is 0.0317. The van der Waals surface area contributed by atoms with Crippen LogP contribution in [-0.2, 0) is 0 Å². The number of carbonyl (C=O) groups excluding carboxylic acids is 1. The molecule has 0 spiro atoms. The Balaban J connectivity index is 1.76. The number of halogens is 1. The minimum absolute atomic E-state index is 0.0317. The molecule has 1 amide bonds. The zero-order valence-electron chi connectivity index (χ0n) is 14.1. The highest BCUT2D eigenvalue weighted by molar-refractivity contribution is 6.32. The summed E-state index contributed by atoms with van der Waals surface area (Å²) in [5, 5.41) is 0.691. The van der Waals surface area contributed by atoms with Gasteiger partial charge in [-0.1, -0.05) is 35.9 Å². The normalized spacial score (nSPS) is 16.9. The van der Waals surface area contributed by atoms with Crippen molar-refractivity contribution in [3.8, 4) is 5.69 Å². The van der Waals surface area contributed by atoms with Crippen LogP contribution in [0.4, 0.5) is 5.69 Å². The van der Waals surface area contributed by atoms with Crippen LogP contribution in [0, 0.1) is 0 Å². The van der Waals surface area contributed by atoms with Gasteiger partial charge in [0.2, 0.25) is 0 Å². The van der Waals surface area contributed by atoms with E-state index in [4.69, 9.17) is 11.6 Å². The zero-order chi connectivity index (χ0) is 17.6. The lowest BCUT2D eigenvalue weighted by atomic mass is 10.0. The number of hydrogen-bond acceptors (Lipinski definition) is 2. The van der Waals surface area contributed by atoms with Crippen LogP contribution in [0.25, 0.3) is 5.69 Å². The van der Waals surface area contributed by atoms with Gasteiger partial charge < -0.3 is 14.4 Å². The zero-order valence-corrected chi connectivity index (χ0v) is 14.8. The van der Waals surface area contributed by atoms with Crippen molar-refractivity contribution in [2.24, 2.45) is 0 Å². The molecule has 0 bridgehead atoms. The van der Waals surface area contributed by atoms with Crippen molar-refractivity contribution in [1.82, 2.24) is 9.47 Å². The highest BCUT2D eigenvalue weighted by atomic mass is 35.5. The lowest BCUT2D eigenvalue weighted by Crippen LogP contribution is -2.45. The molecule has 5 heteroatoms. The number of fused-ring (bicyclic) bond motifs is 1. The molecule has 1 aliphatic heterocycles. The minimum Gasteiger partial charge on any atom is -0.350 e. The van der Waals surface area contributed by atoms with Gasteiger partial charge in [0.05, 0.1) is 22.0 Å². The Hall–Kier alpha value is -2.72. The summed E-state index contributed by atoms with van der Waals surface area (Å²) in [6.45, 7) is 0. The van der Waals surface area contributed by atoms with E-state index in [9.17, 15) is 4.79 Å². The smallest absolute Gasteiger partial charge is 0.257 e. The molecule has 0 fully saturated rings. The van der Waals surface area contributed by atoms with Crippen molar-refractivity contribution in [2.45, 2.75) is 6.17 Å². The number of rotatable bonds is 2. The molecular formula is C20H18ClN3O. The molecule has 4 nitrogen and oxygen atoms in total. The fourth-order valence-electron chi connectivity index (χ4n) is 3.48. The van der Waals surface area contributed by atoms with Gasteiger partial charge >= 0.3 is 0 Å². The van der Waals surface area contributed by atoms with Gasteiger partial charge in [-0.25, -0.2) is 0 Å². The van der Waals surface area contributed by atoms with Crippen molar-refractivity contribution >= 4 is 23.2 Å². The fourth-order valence-corrected chi connectivity index (χ4v) is 3.71. The minimum atomic E-state index is -0.161. The summed E-state index contributed by atoms with van der Waals surface area (Å²) in [7, 11) is 3.85. The standard InChI is InChI=1S/C20H18ClN3O/c1-22-17-9-5-3-7-15(17)20(25)23(2)19(22)14-11-12-24(13-14)18-10-6-4-8-16(18)21/h3-13,19H,1-2H3/t19-/m0/s1. The Morgan fingerprint density at radius 3 is 2.32 bits per heavy atom. The van der Waals surface area contributed by atoms with Crippen LogP contribution in [0.5, 0.6) is 0 Å². The molecule has 0 aliphatic carbocycles. The molecule has 0 N–H and O–H groups in total. The van der Waals surface area contributed by atoms with Crippen molar-refractivity contribution < 1.29 is 4.79 Å². The Morgan fingerprint density at radius 1 is 0.880 bits per heavy atom. The number of hydrogen-bond donors (Lipinski definition) is 0. The molecule has 1 aromatic heterocycles. The van der Waals surface area contributed by atoms with E-state index in [0.717, 1.165) is 22.5 Å². The number of carbonyl (C=O) groups is 1. The number of benzene rings is 2. The van der Waals surface area contributed by atoms with Crippen LogP contribution >= 0.6 is 11.6 Å². The van der Waals surface area contributed by atoms with Gasteiger partial charge in [0.25, 0.3) is 5.91 Å². The van der Waals surface area contributed by atoms with E-state index in [1.54, 1.807) is 4.90 Å². The maximum atomic E-state index is 12.7. The highest BCUT2D eigenvalue weighted by Crippen LogP contribution is 2.37. The lowest BCUT2D eigenvalue weighted by molar-refractivity contribution is 0.0711. The summed E-state index contributed by atoms with van der Waals surface area (Å²) in [4.78, 5) is 16.6. The summed E-state index contributed by atoms with van der Waals surface area (Å²) in [5.41, 5.74) is 3.63. The van der Waals surface area contributed by atoms with E-state index in [-0.39, 0.29) is 12.1 Å². The summed E-state index contributed by atoms with van der Waals surface area (Å²) < 4.78 is 1.99. The third-order valence-corrected chi connectivity index (χ3v) is 5.03. The number of amides is 1. The average molecular weight is 352 g/mol. The molecule has 1 atom stereocenters. The first-order valence-electron chi connectivity index (χ1n) is 8.10. The largest absolute Gasteiger partial charge is 0.350 e. The summed E-state index contributed by atoms with van der Waals surface area (Å²) >= 11 is 6.31. The quantitative estimate of drug-likeness (QED) is 0.686. The maximum Gasteiger partial charge on any atom is 0.257 e. The Kier molecular flexibility index (Phi) is 3.77. The number of aromatic nitrogens is 1. The van der Waals surface area contributed by atoms with E-state index < -0.39 is 0 Å². The molecule has 0 saturated heterocycles. The van der Waals surface area contributed by atoms with Crippen LogP contribution < -0.4 is 4.90 Å². The molecule has 0 unspecified atom stereocenters. The van der Waals surface area contributed by atoms with E-state index in [2.05, 4.69) is 4.90 Å². The predicted molar refractivity (Wildman–Crippen MR) is 100 cm³/mol. The number of anilines is 1. The van der Waals surface area contributed by atoms with Crippen LogP contribution in [0.3, 0.4) is 0 Å². The van der Waals surface area contributed by atoms with Crippen LogP contribution in [-0.4, -0.2) is 29.5 Å². The van der Waals surface area contributed by atoms with Gasteiger partial charge in [-0.2, -0.15) is 0 Å². The van der Waals surface area contributed by atoms with Crippen molar-refractivity contribution in [1.29, 1.82) is 0 Å². The van der Waals surface area contributed by atoms with E-state index in [1.165, 1.54) is 0 Å². The molecule has 0 saturated carbocycles. The summed E-state index contributed by atoms with van der Waals surface area (Å²) in [6, 6.07) is 17.5. The monoisotopic (exact) mass is 351 g/mol. The van der Waals surface area contributed by atoms with Crippen molar-refractivity contribution in [2.75, 3.05) is 19.0 Å². The molecule has 4 rings (SSSR count). The van der Waals surface area contributed by atoms with E-state index >= 15 is 0 Å². The second-order valence-corrected chi connectivity index (χ2v) is 6.63. The molecule has 25 heavy (non-hydrogen) atoms. The third kappa shape index (κ3) is 2.50. The molecule has 126 valence electrons.